The van der Waals surface area contributed by atoms with Crippen molar-refractivity contribution >= 4 is 17.5 Å². The molecule has 2 unspecified atom stereocenters. The van der Waals surface area contributed by atoms with Crippen LogP contribution < -0.4 is 16.8 Å². The van der Waals surface area contributed by atoms with Crippen molar-refractivity contribution in [3.8, 4) is 0 Å². The summed E-state index contributed by atoms with van der Waals surface area (Å²) >= 11 is 0. The molecule has 0 fully saturated rings. The van der Waals surface area contributed by atoms with E-state index in [2.05, 4.69) is 5.32 Å². The molecule has 5 heteroatoms. The number of rotatable bonds is 4. The highest BCUT2D eigenvalue weighted by molar-refractivity contribution is 5.94. The maximum Gasteiger partial charge on any atom is 0.231 e. The number of primary amides is 1. The first kappa shape index (κ1) is 13.3. The lowest BCUT2D eigenvalue weighted by Gasteiger charge is -2.10. The standard InChI is InChI=1S/C14H17N3O2/c15-11-4-3-10(8-11)14(19)17-12-5-1-9(2-6-12)7-13(16)18/h1-6,10-11H,7-8,15H2,(H2,16,18)(H,17,19). The zero-order valence-electron chi connectivity index (χ0n) is 10.5. The van der Waals surface area contributed by atoms with Gasteiger partial charge in [-0.1, -0.05) is 24.3 Å². The summed E-state index contributed by atoms with van der Waals surface area (Å²) in [6.45, 7) is 0. The monoisotopic (exact) mass is 259 g/mol. The van der Waals surface area contributed by atoms with Crippen molar-refractivity contribution < 1.29 is 9.59 Å². The first-order valence-corrected chi connectivity index (χ1v) is 6.16. The van der Waals surface area contributed by atoms with Crippen LogP contribution in [0.3, 0.4) is 0 Å². The highest BCUT2D eigenvalue weighted by Gasteiger charge is 2.22. The van der Waals surface area contributed by atoms with Gasteiger partial charge in [0.1, 0.15) is 0 Å². The second-order valence-corrected chi connectivity index (χ2v) is 4.72. The van der Waals surface area contributed by atoms with Crippen molar-refractivity contribution in [1.29, 1.82) is 0 Å². The summed E-state index contributed by atoms with van der Waals surface area (Å²) in [6, 6.07) is 7.03. The van der Waals surface area contributed by atoms with Gasteiger partial charge in [-0.05, 0) is 24.1 Å². The van der Waals surface area contributed by atoms with E-state index in [0.29, 0.717) is 12.1 Å². The van der Waals surface area contributed by atoms with E-state index < -0.39 is 0 Å². The highest BCUT2D eigenvalue weighted by Crippen LogP contribution is 2.19. The smallest absolute Gasteiger partial charge is 0.231 e. The zero-order valence-corrected chi connectivity index (χ0v) is 10.5. The Bertz CT molecular complexity index is 508. The van der Waals surface area contributed by atoms with Crippen LogP contribution in [0, 0.1) is 5.92 Å². The van der Waals surface area contributed by atoms with Gasteiger partial charge >= 0.3 is 0 Å². The average Bonchev–Trinajstić information content (AvgIpc) is 2.78. The van der Waals surface area contributed by atoms with Crippen LogP contribution in [0.15, 0.2) is 36.4 Å². The summed E-state index contributed by atoms with van der Waals surface area (Å²) in [4.78, 5) is 22.7. The molecular weight excluding hydrogens is 242 g/mol. The molecule has 2 atom stereocenters. The minimum absolute atomic E-state index is 0.0336. The second kappa shape index (κ2) is 5.67. The predicted octanol–water partition coefficient (Wildman–Crippen LogP) is 0.556. The first-order valence-electron chi connectivity index (χ1n) is 6.16. The van der Waals surface area contributed by atoms with E-state index >= 15 is 0 Å². The third kappa shape index (κ3) is 3.66. The van der Waals surface area contributed by atoms with Crippen molar-refractivity contribution in [3.05, 3.63) is 42.0 Å². The van der Waals surface area contributed by atoms with Gasteiger partial charge in [0.25, 0.3) is 0 Å². The van der Waals surface area contributed by atoms with Gasteiger partial charge < -0.3 is 16.8 Å². The Morgan fingerprint density at radius 3 is 2.42 bits per heavy atom. The van der Waals surface area contributed by atoms with Crippen LogP contribution in [-0.2, 0) is 16.0 Å². The number of hydrogen-bond acceptors (Lipinski definition) is 3. The zero-order chi connectivity index (χ0) is 13.8. The van der Waals surface area contributed by atoms with Gasteiger partial charge in [0, 0.05) is 11.7 Å². The van der Waals surface area contributed by atoms with Gasteiger partial charge in [0.05, 0.1) is 12.3 Å². The number of amides is 2. The van der Waals surface area contributed by atoms with Crippen LogP contribution in [-0.4, -0.2) is 17.9 Å². The fraction of sp³-hybridized carbons (Fsp3) is 0.286. The van der Waals surface area contributed by atoms with Crippen molar-refractivity contribution in [1.82, 2.24) is 0 Å². The van der Waals surface area contributed by atoms with E-state index in [1.807, 2.05) is 12.2 Å². The van der Waals surface area contributed by atoms with E-state index in [9.17, 15) is 9.59 Å². The molecule has 0 saturated heterocycles. The van der Waals surface area contributed by atoms with Crippen LogP contribution in [0.1, 0.15) is 12.0 Å². The Labute approximate surface area is 111 Å². The molecule has 19 heavy (non-hydrogen) atoms. The predicted molar refractivity (Wildman–Crippen MR) is 73.2 cm³/mol. The average molecular weight is 259 g/mol. The van der Waals surface area contributed by atoms with Gasteiger partial charge in [0.2, 0.25) is 11.8 Å². The minimum Gasteiger partial charge on any atom is -0.369 e. The van der Waals surface area contributed by atoms with E-state index in [4.69, 9.17) is 11.5 Å². The van der Waals surface area contributed by atoms with Crippen LogP contribution in [0.2, 0.25) is 0 Å². The molecule has 0 bridgehead atoms. The fourth-order valence-electron chi connectivity index (χ4n) is 2.06. The van der Waals surface area contributed by atoms with Crippen molar-refractivity contribution in [3.63, 3.8) is 0 Å². The number of anilines is 1. The topological polar surface area (TPSA) is 98.2 Å². The molecule has 1 aliphatic rings. The van der Waals surface area contributed by atoms with Gasteiger partial charge in [-0.15, -0.1) is 0 Å². The fourth-order valence-corrected chi connectivity index (χ4v) is 2.06. The largest absolute Gasteiger partial charge is 0.369 e. The van der Waals surface area contributed by atoms with E-state index in [-0.39, 0.29) is 30.2 Å². The SMILES string of the molecule is NC(=O)Cc1ccc(NC(=O)C2C=CC(N)C2)cc1. The summed E-state index contributed by atoms with van der Waals surface area (Å²) in [6.07, 6.45) is 4.53. The number of benzene rings is 1. The number of carbonyl (C=O) groups is 2. The van der Waals surface area contributed by atoms with Gasteiger partial charge in [-0.25, -0.2) is 0 Å². The lowest BCUT2D eigenvalue weighted by molar-refractivity contribution is -0.119. The highest BCUT2D eigenvalue weighted by atomic mass is 16.2. The molecule has 0 heterocycles. The molecule has 1 aromatic carbocycles. The van der Waals surface area contributed by atoms with Crippen molar-refractivity contribution in [2.45, 2.75) is 18.9 Å². The van der Waals surface area contributed by atoms with E-state index in [1.165, 1.54) is 0 Å². The molecule has 2 rings (SSSR count). The Morgan fingerprint density at radius 1 is 1.21 bits per heavy atom. The number of carbonyl (C=O) groups excluding carboxylic acids is 2. The molecule has 5 nitrogen and oxygen atoms in total. The molecule has 5 N–H and O–H groups in total. The van der Waals surface area contributed by atoms with E-state index in [0.717, 1.165) is 5.56 Å². The minimum atomic E-state index is -0.373. The molecular formula is C14H17N3O2. The van der Waals surface area contributed by atoms with Gasteiger partial charge in [-0.3, -0.25) is 9.59 Å². The summed E-state index contributed by atoms with van der Waals surface area (Å²) in [5.74, 6) is -0.603. The summed E-state index contributed by atoms with van der Waals surface area (Å²) in [7, 11) is 0. The molecule has 0 spiro atoms. The van der Waals surface area contributed by atoms with Gasteiger partial charge in [-0.2, -0.15) is 0 Å². The molecule has 100 valence electrons. The Balaban J connectivity index is 1.94. The molecule has 1 aromatic rings. The Hall–Kier alpha value is -2.14. The number of nitrogens with two attached hydrogens (primary N) is 2. The molecule has 0 aromatic heterocycles. The van der Waals surface area contributed by atoms with Crippen LogP contribution >= 0.6 is 0 Å². The lowest BCUT2D eigenvalue weighted by atomic mass is 10.1. The first-order chi connectivity index (χ1) is 9.04. The molecule has 0 saturated carbocycles. The summed E-state index contributed by atoms with van der Waals surface area (Å²) in [5, 5.41) is 2.82. The lowest BCUT2D eigenvalue weighted by Crippen LogP contribution is -2.24. The maximum absolute atomic E-state index is 11.9. The Kier molecular flexibility index (Phi) is 3.97. The summed E-state index contributed by atoms with van der Waals surface area (Å²) in [5.41, 5.74) is 12.4. The normalized spacial score (nSPS) is 21.3. The Morgan fingerprint density at radius 2 is 1.89 bits per heavy atom. The van der Waals surface area contributed by atoms with E-state index in [1.54, 1.807) is 24.3 Å². The van der Waals surface area contributed by atoms with Crippen LogP contribution in [0.5, 0.6) is 0 Å². The molecule has 0 aliphatic heterocycles. The van der Waals surface area contributed by atoms with Gasteiger partial charge in [0.15, 0.2) is 0 Å². The maximum atomic E-state index is 11.9. The number of hydrogen-bond donors (Lipinski definition) is 3. The van der Waals surface area contributed by atoms with Crippen molar-refractivity contribution in [2.24, 2.45) is 17.4 Å². The molecule has 2 amide bonds. The second-order valence-electron chi connectivity index (χ2n) is 4.72. The van der Waals surface area contributed by atoms with Crippen molar-refractivity contribution in [2.75, 3.05) is 5.32 Å². The van der Waals surface area contributed by atoms with Crippen LogP contribution in [0.4, 0.5) is 5.69 Å². The third-order valence-corrected chi connectivity index (χ3v) is 3.05. The quantitative estimate of drug-likeness (QED) is 0.689. The number of nitrogens with one attached hydrogen (secondary N) is 1. The molecule has 1 aliphatic carbocycles. The van der Waals surface area contributed by atoms with Crippen LogP contribution in [0.25, 0.3) is 0 Å². The molecule has 0 radical (unpaired) electrons. The summed E-state index contributed by atoms with van der Waals surface area (Å²) < 4.78 is 0. The third-order valence-electron chi connectivity index (χ3n) is 3.05.